The van der Waals surface area contributed by atoms with Gasteiger partial charge in [-0.05, 0) is 38.8 Å². The lowest BCUT2D eigenvalue weighted by molar-refractivity contribution is 0.171. The Kier molecular flexibility index (Phi) is 11.5. The van der Waals surface area contributed by atoms with Crippen LogP contribution in [0.15, 0.2) is 4.99 Å². The van der Waals surface area contributed by atoms with Crippen LogP contribution in [0.1, 0.15) is 46.0 Å². The lowest BCUT2D eigenvalue weighted by atomic mass is 9.83. The predicted molar refractivity (Wildman–Crippen MR) is 104 cm³/mol. The molecule has 1 saturated carbocycles. The molecule has 2 N–H and O–H groups in total. The molecule has 0 bridgehead atoms. The van der Waals surface area contributed by atoms with Crippen LogP contribution < -0.4 is 10.6 Å². The van der Waals surface area contributed by atoms with E-state index in [-0.39, 0.29) is 24.0 Å². The van der Waals surface area contributed by atoms with Gasteiger partial charge in [-0.2, -0.15) is 0 Å². The average Bonchev–Trinajstić information content (AvgIpc) is 2.43. The summed E-state index contributed by atoms with van der Waals surface area (Å²) in [7, 11) is 6.25. The Morgan fingerprint density at radius 1 is 1.10 bits per heavy atom. The van der Waals surface area contributed by atoms with Crippen molar-refractivity contribution >= 4 is 29.9 Å². The van der Waals surface area contributed by atoms with Crippen molar-refractivity contribution in [3.63, 3.8) is 0 Å². The smallest absolute Gasteiger partial charge is 0.191 e. The van der Waals surface area contributed by atoms with Gasteiger partial charge in [-0.1, -0.05) is 33.1 Å². The van der Waals surface area contributed by atoms with E-state index in [1.807, 2.05) is 7.05 Å². The zero-order valence-corrected chi connectivity index (χ0v) is 16.8. The summed E-state index contributed by atoms with van der Waals surface area (Å²) in [4.78, 5) is 6.69. The van der Waals surface area contributed by atoms with E-state index < -0.39 is 0 Å². The van der Waals surface area contributed by atoms with E-state index >= 15 is 0 Å². The van der Waals surface area contributed by atoms with E-state index in [4.69, 9.17) is 0 Å². The quantitative estimate of drug-likeness (QED) is 0.402. The van der Waals surface area contributed by atoms with Crippen molar-refractivity contribution in [1.82, 2.24) is 15.5 Å². The summed E-state index contributed by atoms with van der Waals surface area (Å²) >= 11 is 0. The van der Waals surface area contributed by atoms with Crippen LogP contribution in [-0.4, -0.2) is 51.1 Å². The average molecular weight is 410 g/mol. The molecule has 0 aromatic heterocycles. The maximum absolute atomic E-state index is 4.31. The van der Waals surface area contributed by atoms with Crippen LogP contribution in [0.4, 0.5) is 0 Å². The second-order valence-corrected chi connectivity index (χ2v) is 6.66. The number of nitrogens with one attached hydrogen (secondary N) is 2. The first-order valence-electron chi connectivity index (χ1n) is 8.15. The van der Waals surface area contributed by atoms with Crippen molar-refractivity contribution in [2.45, 2.75) is 52.0 Å². The maximum atomic E-state index is 4.31. The zero-order valence-electron chi connectivity index (χ0n) is 14.5. The van der Waals surface area contributed by atoms with E-state index in [0.29, 0.717) is 12.0 Å². The molecule has 0 heterocycles. The molecule has 1 unspecified atom stereocenters. The Morgan fingerprint density at radius 2 is 1.67 bits per heavy atom. The summed E-state index contributed by atoms with van der Waals surface area (Å²) in [5, 5.41) is 6.89. The van der Waals surface area contributed by atoms with Crippen LogP contribution in [0.5, 0.6) is 0 Å². The van der Waals surface area contributed by atoms with Gasteiger partial charge in [0, 0.05) is 26.2 Å². The summed E-state index contributed by atoms with van der Waals surface area (Å²) in [6.07, 6.45) is 6.97. The Bertz CT molecular complexity index is 286. The minimum absolute atomic E-state index is 0. The van der Waals surface area contributed by atoms with Crippen LogP contribution in [0, 0.1) is 11.8 Å². The SMILES string of the molecule is CN=C(NCC(C)C)NCC(C1CCCCC1)N(C)C.I. The fourth-order valence-corrected chi connectivity index (χ4v) is 3.01. The molecule has 1 fully saturated rings. The van der Waals surface area contributed by atoms with Crippen LogP contribution in [0.2, 0.25) is 0 Å². The zero-order chi connectivity index (χ0) is 15.0. The van der Waals surface area contributed by atoms with Gasteiger partial charge in [0.15, 0.2) is 5.96 Å². The van der Waals surface area contributed by atoms with E-state index in [1.54, 1.807) is 0 Å². The highest BCUT2D eigenvalue weighted by molar-refractivity contribution is 14.0. The topological polar surface area (TPSA) is 39.7 Å². The molecular weight excluding hydrogens is 375 g/mol. The van der Waals surface area contributed by atoms with Crippen molar-refractivity contribution in [2.24, 2.45) is 16.8 Å². The van der Waals surface area contributed by atoms with Crippen molar-refractivity contribution in [2.75, 3.05) is 34.2 Å². The molecule has 5 heteroatoms. The Hall–Kier alpha value is -0.0400. The number of rotatable bonds is 6. The molecule has 0 saturated heterocycles. The molecule has 1 aliphatic carbocycles. The molecule has 126 valence electrons. The molecule has 1 rings (SSSR count). The van der Waals surface area contributed by atoms with Gasteiger partial charge in [0.25, 0.3) is 0 Å². The highest BCUT2D eigenvalue weighted by Gasteiger charge is 2.25. The molecule has 21 heavy (non-hydrogen) atoms. The van der Waals surface area contributed by atoms with Crippen LogP contribution in [-0.2, 0) is 0 Å². The third-order valence-electron chi connectivity index (χ3n) is 4.24. The summed E-state index contributed by atoms with van der Waals surface area (Å²) < 4.78 is 0. The van der Waals surface area contributed by atoms with Gasteiger partial charge in [-0.3, -0.25) is 4.99 Å². The Balaban J connectivity index is 0.00000400. The minimum Gasteiger partial charge on any atom is -0.356 e. The monoisotopic (exact) mass is 410 g/mol. The van der Waals surface area contributed by atoms with Gasteiger partial charge in [-0.25, -0.2) is 0 Å². The molecule has 1 atom stereocenters. The lowest BCUT2D eigenvalue weighted by Gasteiger charge is -2.35. The molecule has 0 aliphatic heterocycles. The first-order chi connectivity index (χ1) is 9.54. The number of hydrogen-bond donors (Lipinski definition) is 2. The summed E-state index contributed by atoms with van der Waals surface area (Å²) in [6.45, 7) is 6.38. The Labute approximate surface area is 148 Å². The third-order valence-corrected chi connectivity index (χ3v) is 4.24. The van der Waals surface area contributed by atoms with E-state index in [2.05, 4.69) is 48.5 Å². The number of likely N-dealkylation sites (N-methyl/N-ethyl adjacent to an activating group) is 1. The molecule has 1 aliphatic rings. The lowest BCUT2D eigenvalue weighted by Crippen LogP contribution is -2.48. The second kappa shape index (κ2) is 11.5. The van der Waals surface area contributed by atoms with Crippen LogP contribution >= 0.6 is 24.0 Å². The van der Waals surface area contributed by atoms with E-state index in [9.17, 15) is 0 Å². The van der Waals surface area contributed by atoms with Gasteiger partial charge < -0.3 is 15.5 Å². The van der Waals surface area contributed by atoms with Gasteiger partial charge >= 0.3 is 0 Å². The first-order valence-corrected chi connectivity index (χ1v) is 8.15. The molecule has 0 radical (unpaired) electrons. The summed E-state index contributed by atoms with van der Waals surface area (Å²) in [5.74, 6) is 2.40. The van der Waals surface area contributed by atoms with Gasteiger partial charge in [0.1, 0.15) is 0 Å². The number of aliphatic imine (C=N–C) groups is 1. The van der Waals surface area contributed by atoms with Gasteiger partial charge in [0.2, 0.25) is 0 Å². The van der Waals surface area contributed by atoms with Crippen molar-refractivity contribution in [1.29, 1.82) is 0 Å². The highest BCUT2D eigenvalue weighted by atomic mass is 127. The van der Waals surface area contributed by atoms with Crippen molar-refractivity contribution < 1.29 is 0 Å². The predicted octanol–water partition coefficient (Wildman–Crippen LogP) is 2.94. The van der Waals surface area contributed by atoms with Gasteiger partial charge in [-0.15, -0.1) is 24.0 Å². The second-order valence-electron chi connectivity index (χ2n) is 6.66. The van der Waals surface area contributed by atoms with Crippen LogP contribution in [0.3, 0.4) is 0 Å². The molecule has 0 spiro atoms. The fraction of sp³-hybridized carbons (Fsp3) is 0.938. The highest BCUT2D eigenvalue weighted by Crippen LogP contribution is 2.27. The minimum atomic E-state index is 0. The molecule has 0 amide bonds. The number of guanidine groups is 1. The van der Waals surface area contributed by atoms with Crippen molar-refractivity contribution in [3.8, 4) is 0 Å². The maximum Gasteiger partial charge on any atom is 0.191 e. The summed E-state index contributed by atoms with van der Waals surface area (Å²) in [6, 6.07) is 0.605. The first kappa shape index (κ1) is 21.0. The molecule has 4 nitrogen and oxygen atoms in total. The van der Waals surface area contributed by atoms with E-state index in [1.165, 1.54) is 32.1 Å². The molecular formula is C16H35IN4. The number of nitrogens with zero attached hydrogens (tertiary/aromatic N) is 2. The Morgan fingerprint density at radius 3 is 2.14 bits per heavy atom. The van der Waals surface area contributed by atoms with Crippen molar-refractivity contribution in [3.05, 3.63) is 0 Å². The number of halogens is 1. The largest absolute Gasteiger partial charge is 0.356 e. The van der Waals surface area contributed by atoms with Crippen LogP contribution in [0.25, 0.3) is 0 Å². The van der Waals surface area contributed by atoms with E-state index in [0.717, 1.165) is 25.0 Å². The normalized spacial score (nSPS) is 18.5. The van der Waals surface area contributed by atoms with Gasteiger partial charge in [0.05, 0.1) is 0 Å². The molecule has 0 aromatic carbocycles. The molecule has 0 aromatic rings. The standard InChI is InChI=1S/C16H34N4.HI/c1-13(2)11-18-16(17-3)19-12-15(20(4)5)14-9-7-6-8-10-14;/h13-15H,6-12H2,1-5H3,(H2,17,18,19);1H. The fourth-order valence-electron chi connectivity index (χ4n) is 3.01. The third kappa shape index (κ3) is 8.24. The number of hydrogen-bond acceptors (Lipinski definition) is 2. The summed E-state index contributed by atoms with van der Waals surface area (Å²) in [5.41, 5.74) is 0.